The van der Waals surface area contributed by atoms with Gasteiger partial charge in [-0.3, -0.25) is 0 Å². The van der Waals surface area contributed by atoms with Gasteiger partial charge < -0.3 is 15.7 Å². The van der Waals surface area contributed by atoms with Crippen molar-refractivity contribution in [3.63, 3.8) is 0 Å². The van der Waals surface area contributed by atoms with Crippen LogP contribution in [0.2, 0.25) is 0 Å². The molecule has 0 saturated heterocycles. The molecule has 0 aromatic carbocycles. The SMILES string of the molecule is CCC(CC1CC1)NC(=O)N[C@H](CCSC)C(=O)O. The van der Waals surface area contributed by atoms with Crippen LogP contribution in [0, 0.1) is 5.92 Å². The molecule has 110 valence electrons. The molecule has 0 aliphatic heterocycles. The Bertz CT molecular complexity index is 308. The predicted molar refractivity (Wildman–Crippen MR) is 77.5 cm³/mol. The number of thioether (sulfide) groups is 1. The van der Waals surface area contributed by atoms with Crippen molar-refractivity contribution in [1.82, 2.24) is 10.6 Å². The number of amides is 2. The minimum atomic E-state index is -0.973. The van der Waals surface area contributed by atoms with Gasteiger partial charge in [0.05, 0.1) is 0 Å². The molecule has 6 heteroatoms. The number of carboxylic acid groups (broad SMARTS) is 1. The molecule has 19 heavy (non-hydrogen) atoms. The molecule has 0 bridgehead atoms. The third kappa shape index (κ3) is 6.71. The van der Waals surface area contributed by atoms with Crippen LogP contribution in [0.25, 0.3) is 0 Å². The number of nitrogens with one attached hydrogen (secondary N) is 2. The second kappa shape index (κ2) is 8.30. The summed E-state index contributed by atoms with van der Waals surface area (Å²) in [5, 5.41) is 14.5. The number of rotatable bonds is 9. The van der Waals surface area contributed by atoms with Crippen LogP contribution in [0.1, 0.15) is 39.0 Å². The Morgan fingerprint density at radius 3 is 2.53 bits per heavy atom. The zero-order chi connectivity index (χ0) is 14.3. The highest BCUT2D eigenvalue weighted by Crippen LogP contribution is 2.33. The number of carbonyl (C=O) groups excluding carboxylic acids is 1. The number of hydrogen-bond acceptors (Lipinski definition) is 3. The van der Waals surface area contributed by atoms with E-state index in [0.717, 1.165) is 24.5 Å². The molecule has 3 N–H and O–H groups in total. The van der Waals surface area contributed by atoms with Crippen molar-refractivity contribution in [1.29, 1.82) is 0 Å². The molecule has 1 unspecified atom stereocenters. The highest BCUT2D eigenvalue weighted by atomic mass is 32.2. The molecule has 2 amide bonds. The Morgan fingerprint density at radius 2 is 2.05 bits per heavy atom. The van der Waals surface area contributed by atoms with E-state index in [4.69, 9.17) is 5.11 Å². The van der Waals surface area contributed by atoms with Crippen LogP contribution in [0.3, 0.4) is 0 Å². The van der Waals surface area contributed by atoms with Crippen molar-refractivity contribution >= 4 is 23.8 Å². The molecule has 2 atom stereocenters. The average Bonchev–Trinajstić information content (AvgIpc) is 3.17. The van der Waals surface area contributed by atoms with Crippen molar-refractivity contribution in [3.05, 3.63) is 0 Å². The first-order valence-electron chi connectivity index (χ1n) is 6.85. The molecular formula is C13H24N2O3S. The maximum atomic E-state index is 11.8. The van der Waals surface area contributed by atoms with Crippen molar-refractivity contribution < 1.29 is 14.7 Å². The molecule has 1 aliphatic carbocycles. The number of carbonyl (C=O) groups is 2. The minimum absolute atomic E-state index is 0.155. The topological polar surface area (TPSA) is 78.4 Å². The molecule has 1 rings (SSSR count). The summed E-state index contributed by atoms with van der Waals surface area (Å²) in [5.74, 6) is 0.493. The van der Waals surface area contributed by atoms with Crippen LogP contribution in [-0.4, -0.2) is 41.2 Å². The van der Waals surface area contributed by atoms with Crippen molar-refractivity contribution in [2.75, 3.05) is 12.0 Å². The highest BCUT2D eigenvalue weighted by Gasteiger charge is 2.26. The Balaban J connectivity index is 2.34. The zero-order valence-electron chi connectivity index (χ0n) is 11.6. The van der Waals surface area contributed by atoms with Gasteiger partial charge in [-0.2, -0.15) is 11.8 Å². The summed E-state index contributed by atoms with van der Waals surface area (Å²) in [5.41, 5.74) is 0. The lowest BCUT2D eigenvalue weighted by atomic mass is 10.1. The summed E-state index contributed by atoms with van der Waals surface area (Å²) >= 11 is 1.57. The minimum Gasteiger partial charge on any atom is -0.480 e. The number of carboxylic acids is 1. The summed E-state index contributed by atoms with van der Waals surface area (Å²) in [6, 6.07) is -1.01. The van der Waals surface area contributed by atoms with Gasteiger partial charge in [0.15, 0.2) is 0 Å². The maximum absolute atomic E-state index is 11.8. The average molecular weight is 288 g/mol. The van der Waals surface area contributed by atoms with Crippen molar-refractivity contribution in [2.24, 2.45) is 5.92 Å². The van der Waals surface area contributed by atoms with E-state index in [1.165, 1.54) is 12.8 Å². The molecule has 0 aromatic rings. The van der Waals surface area contributed by atoms with Gasteiger partial charge in [-0.1, -0.05) is 19.8 Å². The third-order valence-corrected chi connectivity index (χ3v) is 4.00. The van der Waals surface area contributed by atoms with E-state index < -0.39 is 12.0 Å². The quantitative estimate of drug-likeness (QED) is 0.607. The second-order valence-corrected chi connectivity index (χ2v) is 6.06. The van der Waals surface area contributed by atoms with E-state index in [0.29, 0.717) is 6.42 Å². The Kier molecular flexibility index (Phi) is 7.05. The van der Waals surface area contributed by atoms with Crippen LogP contribution in [0.4, 0.5) is 4.79 Å². The van der Waals surface area contributed by atoms with Gasteiger partial charge in [-0.25, -0.2) is 9.59 Å². The fourth-order valence-electron chi connectivity index (χ4n) is 1.96. The lowest BCUT2D eigenvalue weighted by molar-refractivity contribution is -0.139. The van der Waals surface area contributed by atoms with Crippen LogP contribution >= 0.6 is 11.8 Å². The molecule has 1 aliphatic rings. The van der Waals surface area contributed by atoms with Crippen LogP contribution < -0.4 is 10.6 Å². The molecule has 1 fully saturated rings. The van der Waals surface area contributed by atoms with Gasteiger partial charge >= 0.3 is 12.0 Å². The number of hydrogen-bond donors (Lipinski definition) is 3. The van der Waals surface area contributed by atoms with Gasteiger partial charge in [0, 0.05) is 6.04 Å². The summed E-state index contributed by atoms with van der Waals surface area (Å²) in [4.78, 5) is 22.8. The molecule has 5 nitrogen and oxygen atoms in total. The van der Waals surface area contributed by atoms with Gasteiger partial charge in [0.2, 0.25) is 0 Å². The molecule has 0 spiro atoms. The third-order valence-electron chi connectivity index (χ3n) is 3.36. The zero-order valence-corrected chi connectivity index (χ0v) is 12.5. The van der Waals surface area contributed by atoms with Crippen molar-refractivity contribution in [3.8, 4) is 0 Å². The summed E-state index contributed by atoms with van der Waals surface area (Å²) in [6.07, 6.45) is 6.76. The monoisotopic (exact) mass is 288 g/mol. The number of aliphatic carboxylic acids is 1. The molecular weight excluding hydrogens is 264 g/mol. The fraction of sp³-hybridized carbons (Fsp3) is 0.846. The summed E-state index contributed by atoms with van der Waals surface area (Å²) in [7, 11) is 0. The van der Waals surface area contributed by atoms with Gasteiger partial charge in [0.25, 0.3) is 0 Å². The summed E-state index contributed by atoms with van der Waals surface area (Å²) < 4.78 is 0. The van der Waals surface area contributed by atoms with Gasteiger partial charge in [-0.05, 0) is 37.2 Å². The Labute approximate surface area is 118 Å². The van der Waals surface area contributed by atoms with Gasteiger partial charge in [0.1, 0.15) is 6.04 Å². The number of urea groups is 1. The first kappa shape index (κ1) is 16.1. The van der Waals surface area contributed by atoms with E-state index >= 15 is 0 Å². The molecule has 0 radical (unpaired) electrons. The van der Waals surface area contributed by atoms with Crippen LogP contribution in [-0.2, 0) is 4.79 Å². The van der Waals surface area contributed by atoms with Crippen LogP contribution in [0.15, 0.2) is 0 Å². The molecule has 0 heterocycles. The smallest absolute Gasteiger partial charge is 0.326 e. The Morgan fingerprint density at radius 1 is 1.37 bits per heavy atom. The lowest BCUT2D eigenvalue weighted by Crippen LogP contribution is -2.49. The largest absolute Gasteiger partial charge is 0.480 e. The maximum Gasteiger partial charge on any atom is 0.326 e. The van der Waals surface area contributed by atoms with Gasteiger partial charge in [-0.15, -0.1) is 0 Å². The Hall–Kier alpha value is -0.910. The predicted octanol–water partition coefficient (Wildman–Crippen LogP) is 2.07. The lowest BCUT2D eigenvalue weighted by Gasteiger charge is -2.20. The van der Waals surface area contributed by atoms with E-state index in [9.17, 15) is 9.59 Å². The molecule has 0 aromatic heterocycles. The van der Waals surface area contributed by atoms with Crippen molar-refractivity contribution in [2.45, 2.75) is 51.1 Å². The van der Waals surface area contributed by atoms with E-state index in [-0.39, 0.29) is 12.1 Å². The first-order valence-corrected chi connectivity index (χ1v) is 8.25. The normalized spacial score (nSPS) is 17.6. The van der Waals surface area contributed by atoms with E-state index in [1.54, 1.807) is 11.8 Å². The first-order chi connectivity index (χ1) is 9.06. The van der Waals surface area contributed by atoms with E-state index in [2.05, 4.69) is 10.6 Å². The molecule has 1 saturated carbocycles. The standard InChI is InChI=1S/C13H24N2O3S/c1-3-10(8-9-4-5-9)14-13(18)15-11(12(16)17)6-7-19-2/h9-11H,3-8H2,1-2H3,(H,16,17)(H2,14,15,18)/t10?,11-/m1/s1. The highest BCUT2D eigenvalue weighted by molar-refractivity contribution is 7.98. The van der Waals surface area contributed by atoms with E-state index in [1.807, 2.05) is 13.2 Å². The fourth-order valence-corrected chi connectivity index (χ4v) is 2.43. The second-order valence-electron chi connectivity index (χ2n) is 5.07. The van der Waals surface area contributed by atoms with Crippen LogP contribution in [0.5, 0.6) is 0 Å². The summed E-state index contributed by atoms with van der Waals surface area (Å²) in [6.45, 7) is 2.04.